The van der Waals surface area contributed by atoms with E-state index in [0.29, 0.717) is 0 Å². The van der Waals surface area contributed by atoms with E-state index in [9.17, 15) is 0 Å². The number of fused-ring (bicyclic) bond motifs is 3. The number of hydrogen-bond donors (Lipinski definition) is 0. The summed E-state index contributed by atoms with van der Waals surface area (Å²) in [7, 11) is 9.53. The number of aliphatic imine (C=N–C) groups is 1. The van der Waals surface area contributed by atoms with E-state index in [-0.39, 0.29) is 24.0 Å². The molecule has 0 saturated carbocycles. The summed E-state index contributed by atoms with van der Waals surface area (Å²) in [5, 5.41) is 2.17. The van der Waals surface area contributed by atoms with Crippen molar-refractivity contribution in [2.75, 3.05) is 0 Å². The van der Waals surface area contributed by atoms with Gasteiger partial charge in [0.15, 0.2) is 0 Å². The van der Waals surface area contributed by atoms with Gasteiger partial charge in [0.1, 0.15) is 0 Å². The fraction of sp³-hybridized carbons (Fsp3) is 0.342. The van der Waals surface area contributed by atoms with Gasteiger partial charge in [-0.1, -0.05) is 104 Å². The van der Waals surface area contributed by atoms with Gasteiger partial charge < -0.3 is 0 Å². The van der Waals surface area contributed by atoms with Crippen LogP contribution < -0.4 is 0 Å². The zero-order chi connectivity index (χ0) is 32.2. The first kappa shape index (κ1) is 34.1. The summed E-state index contributed by atoms with van der Waals surface area (Å²) in [4.78, 5) is 15.5. The number of nitrogens with zero attached hydrogens (tertiary/aromatic N) is 3. The van der Waals surface area contributed by atoms with Crippen molar-refractivity contribution in [1.82, 2.24) is 9.97 Å². The number of halogens is 2. The minimum absolute atomic E-state index is 0.0426. The van der Waals surface area contributed by atoms with Crippen molar-refractivity contribution >= 4 is 53.4 Å². The molecule has 5 aromatic rings. The summed E-state index contributed by atoms with van der Waals surface area (Å²) in [5.74, 6) is 0. The predicted molar refractivity (Wildman–Crippen MR) is 189 cm³/mol. The molecule has 3 aromatic carbocycles. The fourth-order valence-electron chi connectivity index (χ4n) is 5.36. The van der Waals surface area contributed by atoms with Crippen molar-refractivity contribution in [2.45, 2.75) is 86.0 Å². The summed E-state index contributed by atoms with van der Waals surface area (Å²) in [6, 6.07) is 26.3. The van der Waals surface area contributed by atoms with Gasteiger partial charge in [-0.3, -0.25) is 4.99 Å². The third kappa shape index (κ3) is 7.72. The van der Waals surface area contributed by atoms with E-state index >= 15 is 0 Å². The second-order valence-corrected chi connectivity index (χ2v) is 15.1. The van der Waals surface area contributed by atoms with E-state index in [4.69, 9.17) is 35.2 Å². The Morgan fingerprint density at radius 3 is 1.68 bits per heavy atom. The number of hydrogen-bond acceptors (Lipinski definition) is 3. The molecule has 5 rings (SSSR count). The molecule has 0 N–H and O–H groups in total. The summed E-state index contributed by atoms with van der Waals surface area (Å²) >= 11 is 0.194. The van der Waals surface area contributed by atoms with Crippen LogP contribution in [-0.4, -0.2) is 15.7 Å². The number of para-hydroxylation sites is 1. The third-order valence-corrected chi connectivity index (χ3v) is 8.10. The molecule has 2 aromatic heterocycles. The van der Waals surface area contributed by atoms with E-state index in [2.05, 4.69) is 135 Å². The van der Waals surface area contributed by atoms with Gasteiger partial charge in [-0.25, -0.2) is 9.97 Å². The molecular weight excluding hydrogens is 625 g/mol. The number of aromatic nitrogens is 2. The van der Waals surface area contributed by atoms with E-state index < -0.39 is 0 Å². The Kier molecular flexibility index (Phi) is 11.0. The number of benzene rings is 3. The van der Waals surface area contributed by atoms with Gasteiger partial charge in [-0.05, 0) is 77.1 Å². The van der Waals surface area contributed by atoms with Crippen LogP contribution in [0.1, 0.15) is 90.3 Å². The average Bonchev–Trinajstić information content (AvgIpc) is 2.99. The fourth-order valence-corrected chi connectivity index (χ4v) is 5.36. The summed E-state index contributed by atoms with van der Waals surface area (Å²) < 4.78 is 0. The number of rotatable bonds is 5. The van der Waals surface area contributed by atoms with Crippen molar-refractivity contribution in [1.29, 1.82) is 0 Å². The van der Waals surface area contributed by atoms with Gasteiger partial charge in [0.05, 0.1) is 33.8 Å². The second kappa shape index (κ2) is 14.1. The van der Waals surface area contributed by atoms with Gasteiger partial charge in [-0.2, -0.15) is 0 Å². The van der Waals surface area contributed by atoms with Gasteiger partial charge in [0, 0.05) is 16.3 Å². The maximum atomic E-state index is 5.26. The molecule has 0 aliphatic carbocycles. The average molecular weight is 669 g/mol. The Labute approximate surface area is 278 Å². The van der Waals surface area contributed by atoms with Crippen LogP contribution in [0.4, 0.5) is 5.69 Å². The third-order valence-electron chi connectivity index (χ3n) is 8.10. The van der Waals surface area contributed by atoms with Crippen molar-refractivity contribution in [3.63, 3.8) is 0 Å². The van der Waals surface area contributed by atoms with Gasteiger partial charge in [0.25, 0.3) is 0 Å². The van der Waals surface area contributed by atoms with Crippen LogP contribution in [0.3, 0.4) is 0 Å². The molecule has 0 unspecified atom stereocenters. The molecule has 6 heteroatoms. The first-order chi connectivity index (χ1) is 20.8. The molecule has 232 valence electrons. The summed E-state index contributed by atoms with van der Waals surface area (Å²) in [6.07, 6.45) is 1.91. The molecule has 0 spiro atoms. The first-order valence-electron chi connectivity index (χ1n) is 15.2. The normalized spacial score (nSPS) is 12.5. The maximum absolute atomic E-state index is 5.26. The molecule has 0 fully saturated rings. The molecule has 0 aliphatic rings. The van der Waals surface area contributed by atoms with Crippen LogP contribution in [0.25, 0.3) is 33.1 Å². The van der Waals surface area contributed by atoms with Crippen molar-refractivity contribution < 1.29 is 13.1 Å². The Morgan fingerprint density at radius 2 is 1.18 bits per heavy atom. The van der Waals surface area contributed by atoms with E-state index in [0.717, 1.165) is 63.0 Å². The van der Waals surface area contributed by atoms with Crippen LogP contribution in [0, 0.1) is 0 Å². The minimum atomic E-state index is 0.0426. The molecule has 2 heterocycles. The Balaban J connectivity index is 0.00000141. The molecule has 0 aliphatic heterocycles. The summed E-state index contributed by atoms with van der Waals surface area (Å²) in [6.45, 7) is 20.1. The van der Waals surface area contributed by atoms with Crippen LogP contribution in [0.15, 0.2) is 77.8 Å². The van der Waals surface area contributed by atoms with Crippen molar-refractivity contribution in [3.05, 3.63) is 101 Å². The second-order valence-electron chi connectivity index (χ2n) is 13.3. The molecule has 44 heavy (non-hydrogen) atoms. The molecule has 0 amide bonds. The SMILES string of the molecule is CCc1cccc(CC)c1N=C(C)c1ccc2ccc3ccc(-c4cc(C(C)(C)C)cc(C(C)(C)C)c4)nc3c2n1.[Cl][Fe][Cl]. The monoisotopic (exact) mass is 667 g/mol. The number of pyridine rings is 2. The van der Waals surface area contributed by atoms with E-state index in [1.165, 1.54) is 22.3 Å². The topological polar surface area (TPSA) is 38.1 Å². The van der Waals surface area contributed by atoms with E-state index in [1.54, 1.807) is 0 Å². The van der Waals surface area contributed by atoms with Crippen LogP contribution in [-0.2, 0) is 36.8 Å². The summed E-state index contributed by atoms with van der Waals surface area (Å²) in [5.41, 5.74) is 12.1. The predicted octanol–water partition coefficient (Wildman–Crippen LogP) is 11.7. The Bertz CT molecular complexity index is 1760. The zero-order valence-electron chi connectivity index (χ0n) is 27.3. The van der Waals surface area contributed by atoms with Crippen molar-refractivity contribution in [3.8, 4) is 11.3 Å². The van der Waals surface area contributed by atoms with Crippen LogP contribution in [0.2, 0.25) is 0 Å². The molecule has 0 atom stereocenters. The van der Waals surface area contributed by atoms with Crippen LogP contribution >= 0.6 is 20.2 Å². The standard InChI is InChI=1S/C38H43N3.2ClH.Fe/c1-10-25-13-12-14-26(11-2)34(25)39-24(3)32-19-17-27-15-16-28-18-20-33(41-36(28)35(27)40-32)29-21-30(37(4,5)6)23-31(22-29)38(7,8)9;;;/h12-23H,10-11H2,1-9H3;2*1H;/q;;;+2/p-2. The van der Waals surface area contributed by atoms with Gasteiger partial charge in [0.2, 0.25) is 0 Å². The van der Waals surface area contributed by atoms with E-state index in [1.807, 2.05) is 0 Å². The van der Waals surface area contributed by atoms with Gasteiger partial charge >= 0.3 is 33.3 Å². The molecule has 3 nitrogen and oxygen atoms in total. The Morgan fingerprint density at radius 1 is 0.705 bits per heavy atom. The number of aryl methyl sites for hydroxylation is 2. The van der Waals surface area contributed by atoms with Gasteiger partial charge in [-0.15, -0.1) is 0 Å². The quantitative estimate of drug-likeness (QED) is 0.106. The molecule has 0 saturated heterocycles. The molecule has 0 radical (unpaired) electrons. The van der Waals surface area contributed by atoms with Crippen LogP contribution in [0.5, 0.6) is 0 Å². The zero-order valence-corrected chi connectivity index (χ0v) is 29.9. The van der Waals surface area contributed by atoms with Crippen molar-refractivity contribution in [2.24, 2.45) is 4.99 Å². The molecule has 0 bridgehead atoms. The first-order valence-corrected chi connectivity index (χ1v) is 18.2. The molecular formula is C38H43Cl2FeN3. The Hall–Kier alpha value is -2.75.